The first-order valence-corrected chi connectivity index (χ1v) is 12.7. The molecule has 0 amide bonds. The first-order valence-electron chi connectivity index (χ1n) is 11.1. The van der Waals surface area contributed by atoms with Crippen molar-refractivity contribution >= 4 is 18.1 Å². The van der Waals surface area contributed by atoms with Crippen molar-refractivity contribution in [3.63, 3.8) is 0 Å². The zero-order chi connectivity index (χ0) is 19.7. The van der Waals surface area contributed by atoms with Crippen LogP contribution in [-0.2, 0) is 18.1 Å². The van der Waals surface area contributed by atoms with E-state index in [1.165, 1.54) is 83.5 Å². The van der Waals surface area contributed by atoms with E-state index in [2.05, 4.69) is 6.92 Å². The van der Waals surface area contributed by atoms with Crippen molar-refractivity contribution in [2.45, 2.75) is 96.8 Å². The second-order valence-electron chi connectivity index (χ2n) is 6.95. The maximum Gasteiger partial charge on any atom is 0.155 e. The molecule has 0 saturated carbocycles. The summed E-state index contributed by atoms with van der Waals surface area (Å²) in [6.45, 7) is 5.25. The zero-order valence-electron chi connectivity index (χ0n) is 17.6. The number of unbranched alkanes of at least 4 members (excludes halogenated alkanes) is 13. The largest absolute Gasteiger partial charge is 0.336 e. The number of hydrogen-bond donors (Lipinski definition) is 1. The van der Waals surface area contributed by atoms with Crippen LogP contribution in [0.25, 0.3) is 0 Å². The molecule has 0 fully saturated rings. The van der Waals surface area contributed by atoms with E-state index in [9.17, 15) is 0 Å². The number of hydrogen-bond acceptors (Lipinski definition) is 5. The molecule has 0 aromatic carbocycles. The van der Waals surface area contributed by atoms with Gasteiger partial charge in [-0.1, -0.05) is 90.4 Å². The summed E-state index contributed by atoms with van der Waals surface area (Å²) >= 11 is 0. The van der Waals surface area contributed by atoms with Gasteiger partial charge in [0.15, 0.2) is 18.1 Å². The van der Waals surface area contributed by atoms with Crippen LogP contribution in [0, 0.1) is 0 Å². The molecule has 2 atom stereocenters. The summed E-state index contributed by atoms with van der Waals surface area (Å²) in [6, 6.07) is 0. The monoisotopic (exact) mass is 425 g/mol. The summed E-state index contributed by atoms with van der Waals surface area (Å²) < 4.78 is 21.2. The Bertz CT molecular complexity index is 240. The highest BCUT2D eigenvalue weighted by molar-refractivity contribution is 7.26. The summed E-state index contributed by atoms with van der Waals surface area (Å²) in [5.74, 6) is 0. The Morgan fingerprint density at radius 3 is 1.30 bits per heavy atom. The number of nitrogens with two attached hydrogens (primary N) is 1. The van der Waals surface area contributed by atoms with Crippen molar-refractivity contribution in [2.75, 3.05) is 33.0 Å². The first-order chi connectivity index (χ1) is 13.4. The van der Waals surface area contributed by atoms with Crippen LogP contribution in [0.15, 0.2) is 0 Å². The molecular formula is C20H45NO4P2. The second-order valence-corrected chi connectivity index (χ2v) is 8.43. The summed E-state index contributed by atoms with van der Waals surface area (Å²) in [7, 11) is 0.170. The van der Waals surface area contributed by atoms with Gasteiger partial charge in [0.1, 0.15) is 0 Å². The molecule has 7 heteroatoms. The van der Waals surface area contributed by atoms with Crippen molar-refractivity contribution < 1.29 is 18.1 Å². The van der Waals surface area contributed by atoms with E-state index in [1.807, 2.05) is 0 Å². The van der Waals surface area contributed by atoms with Crippen LogP contribution >= 0.6 is 18.1 Å². The Balaban J connectivity index is 2.95. The van der Waals surface area contributed by atoms with Crippen molar-refractivity contribution in [2.24, 2.45) is 5.73 Å². The van der Waals surface area contributed by atoms with E-state index in [1.54, 1.807) is 0 Å². The minimum atomic E-state index is 0.0518. The molecule has 5 nitrogen and oxygen atoms in total. The van der Waals surface area contributed by atoms with Crippen molar-refractivity contribution in [1.82, 2.24) is 0 Å². The fraction of sp³-hybridized carbons (Fsp3) is 1.00. The van der Waals surface area contributed by atoms with E-state index >= 15 is 0 Å². The molecule has 164 valence electrons. The SMILES string of the molecule is CCCCCCCCCCCCCCCCOPOCCOPOCCN. The maximum absolute atomic E-state index is 5.49. The molecule has 0 spiro atoms. The van der Waals surface area contributed by atoms with Gasteiger partial charge in [-0.2, -0.15) is 0 Å². The van der Waals surface area contributed by atoms with Gasteiger partial charge < -0.3 is 23.8 Å². The topological polar surface area (TPSA) is 62.9 Å². The average Bonchev–Trinajstić information content (AvgIpc) is 2.68. The van der Waals surface area contributed by atoms with Gasteiger partial charge in [-0.15, -0.1) is 0 Å². The van der Waals surface area contributed by atoms with Crippen molar-refractivity contribution in [1.29, 1.82) is 0 Å². The normalized spacial score (nSPS) is 12.2. The van der Waals surface area contributed by atoms with Crippen LogP contribution < -0.4 is 5.73 Å². The fourth-order valence-corrected chi connectivity index (χ4v) is 3.69. The lowest BCUT2D eigenvalue weighted by atomic mass is 10.0. The predicted molar refractivity (Wildman–Crippen MR) is 120 cm³/mol. The standard InChI is InChI=1S/C20H45NO4P2/c1-2-3-4-5-6-7-8-9-10-11-12-13-14-15-17-22-26-24-19-20-25-27-23-18-16-21/h26-27H,2-21H2,1H3. The predicted octanol–water partition coefficient (Wildman–Crippen LogP) is 6.51. The van der Waals surface area contributed by atoms with Crippen LogP contribution in [0.4, 0.5) is 0 Å². The highest BCUT2D eigenvalue weighted by Gasteiger charge is 1.95. The quantitative estimate of drug-likeness (QED) is 0.141. The molecule has 0 aliphatic rings. The van der Waals surface area contributed by atoms with Gasteiger partial charge in [0, 0.05) is 6.54 Å². The minimum absolute atomic E-state index is 0.0518. The molecule has 0 heterocycles. The third kappa shape index (κ3) is 26.7. The van der Waals surface area contributed by atoms with Gasteiger partial charge in [0.25, 0.3) is 0 Å². The van der Waals surface area contributed by atoms with E-state index in [4.69, 9.17) is 23.8 Å². The summed E-state index contributed by atoms with van der Waals surface area (Å²) in [6.07, 6.45) is 19.3. The Hall–Kier alpha value is 0.660. The highest BCUT2D eigenvalue weighted by atomic mass is 31.1. The van der Waals surface area contributed by atoms with Crippen molar-refractivity contribution in [3.05, 3.63) is 0 Å². The molecular weight excluding hydrogens is 380 g/mol. The van der Waals surface area contributed by atoms with Crippen LogP contribution in [0.3, 0.4) is 0 Å². The van der Waals surface area contributed by atoms with Gasteiger partial charge in [0.05, 0.1) is 26.4 Å². The number of rotatable bonds is 24. The Labute approximate surface area is 172 Å². The average molecular weight is 426 g/mol. The molecule has 0 saturated heterocycles. The molecule has 0 aromatic heterocycles. The van der Waals surface area contributed by atoms with Gasteiger partial charge in [-0.05, 0) is 6.42 Å². The summed E-state index contributed by atoms with van der Waals surface area (Å²) in [4.78, 5) is 0. The minimum Gasteiger partial charge on any atom is -0.336 e. The fourth-order valence-electron chi connectivity index (χ4n) is 2.76. The third-order valence-corrected chi connectivity index (χ3v) is 5.63. The summed E-state index contributed by atoms with van der Waals surface area (Å²) in [5, 5.41) is 0. The lowest BCUT2D eigenvalue weighted by Crippen LogP contribution is -2.05. The highest BCUT2D eigenvalue weighted by Crippen LogP contribution is 2.17. The van der Waals surface area contributed by atoms with Crippen LogP contribution in [0.5, 0.6) is 0 Å². The van der Waals surface area contributed by atoms with Gasteiger partial charge in [-0.3, -0.25) is 0 Å². The van der Waals surface area contributed by atoms with E-state index in [0.717, 1.165) is 13.0 Å². The van der Waals surface area contributed by atoms with E-state index in [0.29, 0.717) is 26.4 Å². The van der Waals surface area contributed by atoms with E-state index < -0.39 is 0 Å². The van der Waals surface area contributed by atoms with Gasteiger partial charge in [0.2, 0.25) is 0 Å². The summed E-state index contributed by atoms with van der Waals surface area (Å²) in [5.41, 5.74) is 5.30. The Morgan fingerprint density at radius 2 is 0.852 bits per heavy atom. The molecule has 0 bridgehead atoms. The molecule has 0 aliphatic carbocycles. The lowest BCUT2D eigenvalue weighted by Gasteiger charge is -2.06. The lowest BCUT2D eigenvalue weighted by molar-refractivity contribution is 0.201. The molecule has 27 heavy (non-hydrogen) atoms. The van der Waals surface area contributed by atoms with Crippen molar-refractivity contribution in [3.8, 4) is 0 Å². The Kier molecular flexibility index (Phi) is 27.3. The van der Waals surface area contributed by atoms with E-state index in [-0.39, 0.29) is 18.1 Å². The van der Waals surface area contributed by atoms with Gasteiger partial charge >= 0.3 is 0 Å². The molecule has 2 unspecified atom stereocenters. The molecule has 0 rings (SSSR count). The Morgan fingerprint density at radius 1 is 0.481 bits per heavy atom. The van der Waals surface area contributed by atoms with Gasteiger partial charge in [-0.25, -0.2) is 0 Å². The third-order valence-electron chi connectivity index (χ3n) is 4.34. The molecule has 0 aromatic rings. The smallest absolute Gasteiger partial charge is 0.155 e. The van der Waals surface area contributed by atoms with Crippen LogP contribution in [0.2, 0.25) is 0 Å². The first kappa shape index (κ1) is 27.7. The molecule has 2 N–H and O–H groups in total. The van der Waals surface area contributed by atoms with Crippen LogP contribution in [0.1, 0.15) is 96.8 Å². The molecule has 0 aliphatic heterocycles. The maximum atomic E-state index is 5.49. The van der Waals surface area contributed by atoms with Crippen LogP contribution in [-0.4, -0.2) is 33.0 Å². The molecule has 0 radical (unpaired) electrons. The zero-order valence-corrected chi connectivity index (χ0v) is 19.6. The second kappa shape index (κ2) is 26.7.